The van der Waals surface area contributed by atoms with Crippen LogP contribution in [0.5, 0.6) is 5.75 Å². The molecular weight excluding hydrogens is 236 g/mol. The van der Waals surface area contributed by atoms with E-state index in [1.807, 2.05) is 18.2 Å². The summed E-state index contributed by atoms with van der Waals surface area (Å²) in [6.45, 7) is 5.32. The number of hydrogen-bond donors (Lipinski definition) is 1. The molecule has 2 rings (SSSR count). The highest BCUT2D eigenvalue weighted by atomic mass is 16.5. The maximum atomic E-state index is 5.80. The van der Waals surface area contributed by atoms with Crippen LogP contribution in [0, 0.1) is 6.92 Å². The van der Waals surface area contributed by atoms with Crippen molar-refractivity contribution in [3.63, 3.8) is 0 Å². The molecule has 0 fully saturated rings. The fraction of sp³-hybridized carbons (Fsp3) is 0.312. The average Bonchev–Trinajstić information content (AvgIpc) is 2.45. The van der Waals surface area contributed by atoms with Gasteiger partial charge in [-0.25, -0.2) is 0 Å². The minimum atomic E-state index is 0.459. The van der Waals surface area contributed by atoms with Gasteiger partial charge in [0.2, 0.25) is 0 Å². The third kappa shape index (κ3) is 3.12. The first-order valence-corrected chi connectivity index (χ1v) is 6.64. The molecule has 0 spiro atoms. The number of aryl methyl sites for hydroxylation is 1. The first-order chi connectivity index (χ1) is 9.26. The van der Waals surface area contributed by atoms with E-state index < -0.39 is 0 Å². The van der Waals surface area contributed by atoms with E-state index in [2.05, 4.69) is 31.0 Å². The van der Waals surface area contributed by atoms with Crippen LogP contribution in [0.3, 0.4) is 0 Å². The molecule has 0 atom stereocenters. The Morgan fingerprint density at radius 1 is 1.26 bits per heavy atom. The van der Waals surface area contributed by atoms with Crippen LogP contribution in [0.25, 0.3) is 11.3 Å². The monoisotopic (exact) mass is 256 g/mol. The lowest BCUT2D eigenvalue weighted by atomic mass is 10.0. The van der Waals surface area contributed by atoms with Crippen molar-refractivity contribution in [3.05, 3.63) is 47.7 Å². The van der Waals surface area contributed by atoms with E-state index in [1.165, 1.54) is 5.56 Å². The Bertz CT molecular complexity index is 552. The van der Waals surface area contributed by atoms with E-state index in [9.17, 15) is 0 Å². The van der Waals surface area contributed by atoms with Gasteiger partial charge in [-0.2, -0.15) is 0 Å². The zero-order chi connectivity index (χ0) is 13.7. The molecule has 0 bridgehead atoms. The molecule has 2 aromatic rings. The Morgan fingerprint density at radius 3 is 2.74 bits per heavy atom. The number of pyridine rings is 1. The van der Waals surface area contributed by atoms with Crippen molar-refractivity contribution in [2.75, 3.05) is 6.61 Å². The summed E-state index contributed by atoms with van der Waals surface area (Å²) in [6, 6.07) is 10.2. The van der Waals surface area contributed by atoms with Crippen molar-refractivity contribution < 1.29 is 4.74 Å². The van der Waals surface area contributed by atoms with Crippen molar-refractivity contribution in [1.29, 1.82) is 0 Å². The van der Waals surface area contributed by atoms with Gasteiger partial charge < -0.3 is 10.5 Å². The molecule has 2 N–H and O–H groups in total. The fourth-order valence-electron chi connectivity index (χ4n) is 1.99. The van der Waals surface area contributed by atoms with Crippen LogP contribution >= 0.6 is 0 Å². The molecule has 0 amide bonds. The van der Waals surface area contributed by atoms with E-state index in [0.29, 0.717) is 13.2 Å². The van der Waals surface area contributed by atoms with E-state index in [-0.39, 0.29) is 0 Å². The largest absolute Gasteiger partial charge is 0.492 e. The molecule has 0 saturated carbocycles. The van der Waals surface area contributed by atoms with Crippen molar-refractivity contribution >= 4 is 0 Å². The highest BCUT2D eigenvalue weighted by molar-refractivity contribution is 5.64. The van der Waals surface area contributed by atoms with Crippen LogP contribution in [-0.4, -0.2) is 11.6 Å². The summed E-state index contributed by atoms with van der Waals surface area (Å²) in [7, 11) is 0. The van der Waals surface area contributed by atoms with Crippen molar-refractivity contribution in [2.45, 2.75) is 26.8 Å². The molecule has 0 aliphatic carbocycles. The molecule has 19 heavy (non-hydrogen) atoms. The Hall–Kier alpha value is -1.87. The van der Waals surface area contributed by atoms with Gasteiger partial charge in [0.15, 0.2) is 0 Å². The van der Waals surface area contributed by atoms with Crippen LogP contribution in [0.1, 0.15) is 24.5 Å². The minimum Gasteiger partial charge on any atom is -0.492 e. The predicted molar refractivity (Wildman–Crippen MR) is 78.1 cm³/mol. The van der Waals surface area contributed by atoms with Crippen LogP contribution in [0.15, 0.2) is 36.5 Å². The van der Waals surface area contributed by atoms with Crippen LogP contribution in [0.2, 0.25) is 0 Å². The van der Waals surface area contributed by atoms with Crippen LogP contribution < -0.4 is 10.5 Å². The van der Waals surface area contributed by atoms with Crippen molar-refractivity contribution in [2.24, 2.45) is 5.73 Å². The van der Waals surface area contributed by atoms with E-state index in [1.54, 1.807) is 6.20 Å². The first-order valence-electron chi connectivity index (χ1n) is 6.64. The third-order valence-corrected chi connectivity index (χ3v) is 3.05. The SMILES string of the molecule is CCCOc1cnc(-c2ccccc2C)cc1CN. The Labute approximate surface area is 114 Å². The van der Waals surface area contributed by atoms with Crippen LogP contribution in [-0.2, 0) is 6.54 Å². The number of nitrogens with zero attached hydrogens (tertiary/aromatic N) is 1. The number of rotatable bonds is 5. The number of benzene rings is 1. The van der Waals surface area contributed by atoms with Gasteiger partial charge in [-0.15, -0.1) is 0 Å². The lowest BCUT2D eigenvalue weighted by Crippen LogP contribution is -2.04. The van der Waals surface area contributed by atoms with Gasteiger partial charge in [0.05, 0.1) is 18.5 Å². The zero-order valence-electron chi connectivity index (χ0n) is 11.5. The highest BCUT2D eigenvalue weighted by Gasteiger charge is 2.08. The third-order valence-electron chi connectivity index (χ3n) is 3.05. The Kier molecular flexibility index (Phi) is 4.53. The maximum absolute atomic E-state index is 5.80. The zero-order valence-corrected chi connectivity index (χ0v) is 11.5. The van der Waals surface area contributed by atoms with Gasteiger partial charge in [0, 0.05) is 17.7 Å². The van der Waals surface area contributed by atoms with Crippen LogP contribution in [0.4, 0.5) is 0 Å². The molecule has 0 unspecified atom stereocenters. The summed E-state index contributed by atoms with van der Waals surface area (Å²) in [5.41, 5.74) is 10.1. The highest BCUT2D eigenvalue weighted by Crippen LogP contribution is 2.26. The van der Waals surface area contributed by atoms with E-state index in [0.717, 1.165) is 29.0 Å². The molecule has 0 saturated heterocycles. The summed E-state index contributed by atoms with van der Waals surface area (Å²) < 4.78 is 5.66. The summed E-state index contributed by atoms with van der Waals surface area (Å²) in [5, 5.41) is 0. The van der Waals surface area contributed by atoms with Crippen molar-refractivity contribution in [3.8, 4) is 17.0 Å². The lowest BCUT2D eigenvalue weighted by Gasteiger charge is -2.12. The van der Waals surface area contributed by atoms with E-state index in [4.69, 9.17) is 10.5 Å². The van der Waals surface area contributed by atoms with Gasteiger partial charge in [-0.1, -0.05) is 31.2 Å². The number of aromatic nitrogens is 1. The molecule has 1 heterocycles. The second kappa shape index (κ2) is 6.34. The number of ether oxygens (including phenoxy) is 1. The molecule has 3 heteroatoms. The van der Waals surface area contributed by atoms with Gasteiger partial charge in [-0.3, -0.25) is 4.98 Å². The molecule has 1 aromatic heterocycles. The summed E-state index contributed by atoms with van der Waals surface area (Å²) in [6.07, 6.45) is 2.75. The molecule has 3 nitrogen and oxygen atoms in total. The van der Waals surface area contributed by atoms with Crippen molar-refractivity contribution in [1.82, 2.24) is 4.98 Å². The Morgan fingerprint density at radius 2 is 2.05 bits per heavy atom. The summed E-state index contributed by atoms with van der Waals surface area (Å²) >= 11 is 0. The topological polar surface area (TPSA) is 48.1 Å². The second-order valence-electron chi connectivity index (χ2n) is 4.54. The standard InChI is InChI=1S/C16H20N2O/c1-3-8-19-16-11-18-15(9-13(16)10-17)14-7-5-4-6-12(14)2/h4-7,9,11H,3,8,10,17H2,1-2H3. The molecule has 0 aliphatic heterocycles. The number of hydrogen-bond acceptors (Lipinski definition) is 3. The quantitative estimate of drug-likeness (QED) is 0.892. The lowest BCUT2D eigenvalue weighted by molar-refractivity contribution is 0.313. The minimum absolute atomic E-state index is 0.459. The Balaban J connectivity index is 2.36. The normalized spacial score (nSPS) is 10.5. The van der Waals surface area contributed by atoms with Gasteiger partial charge in [0.1, 0.15) is 5.75 Å². The molecule has 1 aromatic carbocycles. The van der Waals surface area contributed by atoms with E-state index >= 15 is 0 Å². The van der Waals surface area contributed by atoms with Gasteiger partial charge >= 0.3 is 0 Å². The summed E-state index contributed by atoms with van der Waals surface area (Å²) in [5.74, 6) is 0.793. The smallest absolute Gasteiger partial charge is 0.142 e. The molecule has 0 radical (unpaired) electrons. The first kappa shape index (κ1) is 13.6. The molecule has 0 aliphatic rings. The van der Waals surface area contributed by atoms with Gasteiger partial charge in [-0.05, 0) is 25.0 Å². The second-order valence-corrected chi connectivity index (χ2v) is 4.54. The molecule has 100 valence electrons. The molecular formula is C16H20N2O. The van der Waals surface area contributed by atoms with Gasteiger partial charge in [0.25, 0.3) is 0 Å². The predicted octanol–water partition coefficient (Wildman–Crippen LogP) is 3.30. The average molecular weight is 256 g/mol. The maximum Gasteiger partial charge on any atom is 0.142 e. The fourth-order valence-corrected chi connectivity index (χ4v) is 1.99. The summed E-state index contributed by atoms with van der Waals surface area (Å²) in [4.78, 5) is 4.49. The number of nitrogens with two attached hydrogens (primary N) is 1.